The van der Waals surface area contributed by atoms with Crippen LogP contribution in [0.2, 0.25) is 0 Å². The number of carbonyl (C=O) groups excluding carboxylic acids is 3. The Morgan fingerprint density at radius 3 is 1.57 bits per heavy atom. The average molecular weight is 324 g/mol. The third kappa shape index (κ3) is 8.97. The molecule has 0 spiro atoms. The van der Waals surface area contributed by atoms with E-state index in [2.05, 4.69) is 19.7 Å². The summed E-state index contributed by atoms with van der Waals surface area (Å²) in [5.74, 6) is -0.813. The second-order valence-corrected chi connectivity index (χ2v) is 4.82. The fourth-order valence-electron chi connectivity index (χ4n) is 1.51. The van der Waals surface area contributed by atoms with Crippen molar-refractivity contribution in [3.8, 4) is 0 Å². The number of ether oxygens (including phenoxy) is 3. The number of hydrogen-bond acceptors (Lipinski definition) is 6. The zero-order valence-corrected chi connectivity index (χ0v) is 13.5. The first kappa shape index (κ1) is 21.1. The third-order valence-corrected chi connectivity index (χ3v) is 3.07. The Balaban J connectivity index is 4.74. The monoisotopic (exact) mass is 324 g/mol. The standard InChI is InChI=1S/C17H24O6/c1-5-14(18)9-21-12-17(8-4,23-11-16(20)7-3)13-22-10-15(19)6-2/h5-7H,1-3,8-13H2,4H3. The van der Waals surface area contributed by atoms with Gasteiger partial charge in [-0.25, -0.2) is 0 Å². The molecule has 0 saturated carbocycles. The van der Waals surface area contributed by atoms with Gasteiger partial charge in [0.15, 0.2) is 17.3 Å². The van der Waals surface area contributed by atoms with Gasteiger partial charge in [0.25, 0.3) is 0 Å². The summed E-state index contributed by atoms with van der Waals surface area (Å²) < 4.78 is 16.3. The summed E-state index contributed by atoms with van der Waals surface area (Å²) in [6.07, 6.45) is 3.94. The highest BCUT2D eigenvalue weighted by molar-refractivity contribution is 5.90. The molecule has 0 aliphatic rings. The van der Waals surface area contributed by atoms with Crippen molar-refractivity contribution in [1.82, 2.24) is 0 Å². The predicted molar refractivity (Wildman–Crippen MR) is 86.2 cm³/mol. The van der Waals surface area contributed by atoms with Crippen LogP contribution in [0.1, 0.15) is 13.3 Å². The van der Waals surface area contributed by atoms with Gasteiger partial charge in [-0.2, -0.15) is 0 Å². The second-order valence-electron chi connectivity index (χ2n) is 4.82. The Morgan fingerprint density at radius 1 is 0.826 bits per heavy atom. The molecule has 0 amide bonds. The van der Waals surface area contributed by atoms with Crippen LogP contribution in [0.4, 0.5) is 0 Å². The van der Waals surface area contributed by atoms with E-state index >= 15 is 0 Å². The number of hydrogen-bond donors (Lipinski definition) is 0. The molecule has 0 aromatic carbocycles. The van der Waals surface area contributed by atoms with E-state index in [4.69, 9.17) is 14.2 Å². The van der Waals surface area contributed by atoms with Crippen molar-refractivity contribution in [2.24, 2.45) is 0 Å². The van der Waals surface area contributed by atoms with Gasteiger partial charge in [-0.3, -0.25) is 14.4 Å². The second kappa shape index (κ2) is 11.6. The van der Waals surface area contributed by atoms with E-state index in [9.17, 15) is 14.4 Å². The van der Waals surface area contributed by atoms with Gasteiger partial charge in [-0.15, -0.1) is 0 Å². The third-order valence-electron chi connectivity index (χ3n) is 3.07. The van der Waals surface area contributed by atoms with Gasteiger partial charge < -0.3 is 14.2 Å². The maximum Gasteiger partial charge on any atom is 0.180 e. The molecule has 0 unspecified atom stereocenters. The lowest BCUT2D eigenvalue weighted by Gasteiger charge is -2.32. The van der Waals surface area contributed by atoms with Crippen molar-refractivity contribution in [2.75, 3.05) is 33.0 Å². The Hall–Kier alpha value is -1.89. The zero-order chi connectivity index (χ0) is 17.7. The van der Waals surface area contributed by atoms with E-state index in [0.717, 1.165) is 18.2 Å². The van der Waals surface area contributed by atoms with Crippen molar-refractivity contribution in [1.29, 1.82) is 0 Å². The summed E-state index contributed by atoms with van der Waals surface area (Å²) in [5.41, 5.74) is -0.943. The van der Waals surface area contributed by atoms with Gasteiger partial charge >= 0.3 is 0 Å². The molecule has 23 heavy (non-hydrogen) atoms. The number of carbonyl (C=O) groups is 3. The van der Waals surface area contributed by atoms with E-state index in [1.54, 1.807) is 0 Å². The maximum atomic E-state index is 11.4. The molecule has 0 aromatic rings. The molecule has 0 aromatic heterocycles. The zero-order valence-electron chi connectivity index (χ0n) is 13.5. The molecule has 0 fully saturated rings. The van der Waals surface area contributed by atoms with Crippen LogP contribution in [0.15, 0.2) is 38.0 Å². The van der Waals surface area contributed by atoms with Crippen molar-refractivity contribution in [2.45, 2.75) is 18.9 Å². The largest absolute Gasteiger partial charge is 0.370 e. The van der Waals surface area contributed by atoms with Crippen molar-refractivity contribution in [3.05, 3.63) is 38.0 Å². The SMILES string of the molecule is C=CC(=O)COCC(CC)(COCC(=O)C=C)OCC(=O)C=C. The average Bonchev–Trinajstić information content (AvgIpc) is 2.58. The summed E-state index contributed by atoms with van der Waals surface area (Å²) >= 11 is 0. The van der Waals surface area contributed by atoms with Crippen molar-refractivity contribution >= 4 is 17.3 Å². The molecule has 0 heterocycles. The maximum absolute atomic E-state index is 11.4. The Kier molecular flexibility index (Phi) is 10.7. The summed E-state index contributed by atoms with van der Waals surface area (Å²) in [5, 5.41) is 0. The quantitative estimate of drug-likeness (QED) is 0.424. The summed E-state index contributed by atoms with van der Waals surface area (Å²) in [6, 6.07) is 0. The van der Waals surface area contributed by atoms with Gasteiger partial charge in [0, 0.05) is 0 Å². The summed E-state index contributed by atoms with van der Waals surface area (Å²) in [7, 11) is 0. The van der Waals surface area contributed by atoms with E-state index in [-0.39, 0.29) is 50.4 Å². The highest BCUT2D eigenvalue weighted by Gasteiger charge is 2.31. The lowest BCUT2D eigenvalue weighted by atomic mass is 10.0. The number of rotatable bonds is 15. The molecule has 6 nitrogen and oxygen atoms in total. The smallest absolute Gasteiger partial charge is 0.180 e. The fourth-order valence-corrected chi connectivity index (χ4v) is 1.51. The molecule has 0 aliphatic heterocycles. The van der Waals surface area contributed by atoms with Crippen molar-refractivity contribution in [3.63, 3.8) is 0 Å². The number of ketones is 3. The van der Waals surface area contributed by atoms with Crippen LogP contribution in [0.3, 0.4) is 0 Å². The van der Waals surface area contributed by atoms with Crippen LogP contribution in [-0.2, 0) is 28.6 Å². The molecular weight excluding hydrogens is 300 g/mol. The van der Waals surface area contributed by atoms with Gasteiger partial charge in [0.2, 0.25) is 0 Å². The van der Waals surface area contributed by atoms with E-state index in [0.29, 0.717) is 6.42 Å². The minimum absolute atomic E-state index is 0.0375. The molecule has 0 radical (unpaired) electrons. The van der Waals surface area contributed by atoms with Crippen LogP contribution in [0.5, 0.6) is 0 Å². The Bertz CT molecular complexity index is 426. The molecule has 0 atom stereocenters. The van der Waals surface area contributed by atoms with Crippen LogP contribution in [0, 0.1) is 0 Å². The first-order valence-electron chi connectivity index (χ1n) is 7.18. The Morgan fingerprint density at radius 2 is 1.22 bits per heavy atom. The molecule has 0 rings (SSSR count). The summed E-state index contributed by atoms with van der Waals surface area (Å²) in [6.45, 7) is 11.5. The van der Waals surface area contributed by atoms with Crippen LogP contribution in [-0.4, -0.2) is 56.0 Å². The fraction of sp³-hybridized carbons (Fsp3) is 0.471. The van der Waals surface area contributed by atoms with Gasteiger partial charge in [0.05, 0.1) is 13.2 Å². The molecular formula is C17H24O6. The highest BCUT2D eigenvalue weighted by atomic mass is 16.6. The molecule has 128 valence electrons. The van der Waals surface area contributed by atoms with Gasteiger partial charge in [-0.05, 0) is 24.6 Å². The molecule has 6 heteroatoms. The van der Waals surface area contributed by atoms with Crippen LogP contribution < -0.4 is 0 Å². The molecule has 0 saturated heterocycles. The predicted octanol–water partition coefficient (Wildman–Crippen LogP) is 1.45. The normalized spacial score (nSPS) is 10.8. The minimum atomic E-state index is -0.943. The van der Waals surface area contributed by atoms with Gasteiger partial charge in [-0.1, -0.05) is 26.7 Å². The lowest BCUT2D eigenvalue weighted by molar-refractivity contribution is -0.154. The first-order chi connectivity index (χ1) is 10.9. The van der Waals surface area contributed by atoms with Crippen molar-refractivity contribution < 1.29 is 28.6 Å². The van der Waals surface area contributed by atoms with Crippen LogP contribution >= 0.6 is 0 Å². The first-order valence-corrected chi connectivity index (χ1v) is 7.18. The molecule has 0 bridgehead atoms. The minimum Gasteiger partial charge on any atom is -0.370 e. The molecule has 0 N–H and O–H groups in total. The lowest BCUT2D eigenvalue weighted by Crippen LogP contribution is -2.44. The topological polar surface area (TPSA) is 78.9 Å². The van der Waals surface area contributed by atoms with Crippen LogP contribution in [0.25, 0.3) is 0 Å². The van der Waals surface area contributed by atoms with E-state index in [1.807, 2.05) is 6.92 Å². The van der Waals surface area contributed by atoms with E-state index in [1.165, 1.54) is 0 Å². The highest BCUT2D eigenvalue weighted by Crippen LogP contribution is 2.18. The molecule has 0 aliphatic carbocycles. The van der Waals surface area contributed by atoms with E-state index < -0.39 is 5.60 Å². The Labute approximate surface area is 136 Å². The van der Waals surface area contributed by atoms with Gasteiger partial charge in [0.1, 0.15) is 25.4 Å². The summed E-state index contributed by atoms with van der Waals surface area (Å²) in [4.78, 5) is 33.8.